The zero-order valence-electron chi connectivity index (χ0n) is 20.8. The summed E-state index contributed by atoms with van der Waals surface area (Å²) >= 11 is 6.14. The quantitative estimate of drug-likeness (QED) is 0.104. The third-order valence-corrected chi connectivity index (χ3v) is 6.68. The van der Waals surface area contributed by atoms with Crippen molar-refractivity contribution in [1.29, 1.82) is 0 Å². The van der Waals surface area contributed by atoms with Crippen LogP contribution in [0.15, 0.2) is 66.7 Å². The second-order valence-electron chi connectivity index (χ2n) is 9.13. The first kappa shape index (κ1) is 26.7. The Morgan fingerprint density at radius 2 is 1.29 bits per heavy atom. The Kier molecular flexibility index (Phi) is 10.6. The maximum absolute atomic E-state index is 12.7. The zero-order chi connectivity index (χ0) is 25.0. The van der Waals surface area contributed by atoms with Crippen molar-refractivity contribution in [2.45, 2.75) is 71.6 Å². The Morgan fingerprint density at radius 1 is 0.714 bits per heavy atom. The molecule has 184 valence electrons. The van der Waals surface area contributed by atoms with E-state index >= 15 is 0 Å². The summed E-state index contributed by atoms with van der Waals surface area (Å²) in [5.41, 5.74) is 3.71. The molecule has 0 radical (unpaired) electrons. The van der Waals surface area contributed by atoms with E-state index in [1.54, 1.807) is 36.4 Å². The van der Waals surface area contributed by atoms with E-state index in [1.165, 1.54) is 56.9 Å². The lowest BCUT2D eigenvalue weighted by Crippen LogP contribution is -2.09. The van der Waals surface area contributed by atoms with E-state index in [1.807, 2.05) is 37.3 Å². The molecule has 0 aliphatic heterocycles. The number of esters is 1. The van der Waals surface area contributed by atoms with Gasteiger partial charge in [0.2, 0.25) is 0 Å². The number of hydrogen-bond donors (Lipinski definition) is 0. The first-order valence-corrected chi connectivity index (χ1v) is 13.1. The summed E-state index contributed by atoms with van der Waals surface area (Å²) in [6.07, 6.45) is 11.5. The summed E-state index contributed by atoms with van der Waals surface area (Å²) in [7, 11) is 0. The van der Waals surface area contributed by atoms with Crippen LogP contribution in [-0.2, 0) is 6.42 Å². The summed E-state index contributed by atoms with van der Waals surface area (Å²) in [4.78, 5) is 25.2. The summed E-state index contributed by atoms with van der Waals surface area (Å²) in [5, 5.41) is 0.560. The molecule has 35 heavy (non-hydrogen) atoms. The molecule has 0 N–H and O–H groups in total. The second-order valence-corrected chi connectivity index (χ2v) is 9.54. The van der Waals surface area contributed by atoms with Crippen LogP contribution in [0.25, 0.3) is 0 Å². The molecule has 3 rings (SSSR count). The Hall–Kier alpha value is -2.91. The van der Waals surface area contributed by atoms with Gasteiger partial charge in [0, 0.05) is 16.1 Å². The molecule has 0 aromatic heterocycles. The highest BCUT2D eigenvalue weighted by Gasteiger charge is 2.12. The van der Waals surface area contributed by atoms with E-state index < -0.39 is 5.97 Å². The highest BCUT2D eigenvalue weighted by molar-refractivity contribution is 6.31. The molecule has 3 aromatic carbocycles. The molecule has 0 fully saturated rings. The second kappa shape index (κ2) is 13.8. The van der Waals surface area contributed by atoms with E-state index in [-0.39, 0.29) is 5.78 Å². The molecule has 0 unspecified atom stereocenters. The van der Waals surface area contributed by atoms with Crippen LogP contribution < -0.4 is 4.74 Å². The number of hydrogen-bond acceptors (Lipinski definition) is 3. The molecule has 4 heteroatoms. The van der Waals surface area contributed by atoms with Gasteiger partial charge >= 0.3 is 5.97 Å². The maximum atomic E-state index is 12.7. The number of aryl methyl sites for hydroxylation is 2. The Bertz CT molecular complexity index is 1100. The van der Waals surface area contributed by atoms with Gasteiger partial charge in [-0.25, -0.2) is 4.79 Å². The van der Waals surface area contributed by atoms with Gasteiger partial charge in [-0.05, 0) is 73.4 Å². The minimum Gasteiger partial charge on any atom is -0.423 e. The normalized spacial score (nSPS) is 10.8. The van der Waals surface area contributed by atoms with Crippen molar-refractivity contribution in [3.05, 3.63) is 99.6 Å². The van der Waals surface area contributed by atoms with Gasteiger partial charge in [-0.15, -0.1) is 0 Å². The van der Waals surface area contributed by atoms with Crippen LogP contribution in [0.5, 0.6) is 5.75 Å². The SMILES string of the molecule is CCCCCCCCCCc1ccc(C(=O)Oc2ccc(C(=O)c3ccc(C)c(Cl)c3)cc2)cc1. The molecule has 0 spiro atoms. The van der Waals surface area contributed by atoms with Crippen molar-refractivity contribution in [2.75, 3.05) is 0 Å². The average Bonchev–Trinajstić information content (AvgIpc) is 2.87. The molecule has 3 nitrogen and oxygen atoms in total. The smallest absolute Gasteiger partial charge is 0.343 e. The maximum Gasteiger partial charge on any atom is 0.343 e. The van der Waals surface area contributed by atoms with Gasteiger partial charge < -0.3 is 4.74 Å². The van der Waals surface area contributed by atoms with Crippen molar-refractivity contribution in [3.8, 4) is 5.75 Å². The molecule has 3 aromatic rings. The highest BCUT2D eigenvalue weighted by Crippen LogP contribution is 2.21. The molecule has 0 atom stereocenters. The minimum atomic E-state index is -0.409. The summed E-state index contributed by atoms with van der Waals surface area (Å²) in [5.74, 6) is -0.138. The van der Waals surface area contributed by atoms with Gasteiger partial charge in [0.1, 0.15) is 5.75 Å². The third-order valence-electron chi connectivity index (χ3n) is 6.27. The van der Waals surface area contributed by atoms with Crippen molar-refractivity contribution >= 4 is 23.4 Å². The predicted octanol–water partition coefficient (Wildman–Crippen LogP) is 8.78. The fourth-order valence-corrected chi connectivity index (χ4v) is 4.19. The third kappa shape index (κ3) is 8.36. The average molecular weight is 491 g/mol. The van der Waals surface area contributed by atoms with Crippen LogP contribution in [0.2, 0.25) is 5.02 Å². The number of ether oxygens (including phenoxy) is 1. The standard InChI is InChI=1S/C31H35ClO3/c1-3-4-5-6-7-8-9-10-11-24-13-16-26(17-14-24)31(34)35-28-20-18-25(19-21-28)30(33)27-15-12-23(2)29(32)22-27/h12-22H,3-11H2,1-2H3. The number of unbranched alkanes of at least 4 members (excludes halogenated alkanes) is 7. The van der Waals surface area contributed by atoms with Gasteiger partial charge in [-0.2, -0.15) is 0 Å². The summed E-state index contributed by atoms with van der Waals surface area (Å²) in [6.45, 7) is 4.14. The lowest BCUT2D eigenvalue weighted by molar-refractivity contribution is 0.0734. The molecular weight excluding hydrogens is 456 g/mol. The van der Waals surface area contributed by atoms with E-state index in [0.29, 0.717) is 27.5 Å². The number of carbonyl (C=O) groups excluding carboxylic acids is 2. The molecular formula is C31H35ClO3. The van der Waals surface area contributed by atoms with E-state index in [4.69, 9.17) is 16.3 Å². The minimum absolute atomic E-state index is 0.128. The topological polar surface area (TPSA) is 43.4 Å². The molecule has 0 aliphatic carbocycles. The lowest BCUT2D eigenvalue weighted by atomic mass is 10.0. The van der Waals surface area contributed by atoms with Crippen molar-refractivity contribution in [3.63, 3.8) is 0 Å². The van der Waals surface area contributed by atoms with E-state index in [0.717, 1.165) is 12.0 Å². The molecule has 0 saturated carbocycles. The van der Waals surface area contributed by atoms with E-state index in [9.17, 15) is 9.59 Å². The first-order chi connectivity index (χ1) is 17.0. The summed E-state index contributed by atoms with van der Waals surface area (Å²) < 4.78 is 5.50. The molecule has 0 saturated heterocycles. The number of halogens is 1. The summed E-state index contributed by atoms with van der Waals surface area (Å²) in [6, 6.07) is 19.5. The molecule has 0 bridgehead atoms. The van der Waals surface area contributed by atoms with Crippen LogP contribution in [0, 0.1) is 6.92 Å². The number of ketones is 1. The Morgan fingerprint density at radius 3 is 1.91 bits per heavy atom. The van der Waals surface area contributed by atoms with Crippen LogP contribution >= 0.6 is 11.6 Å². The monoisotopic (exact) mass is 490 g/mol. The molecule has 0 heterocycles. The lowest BCUT2D eigenvalue weighted by Gasteiger charge is -2.07. The van der Waals surface area contributed by atoms with Gasteiger partial charge in [-0.3, -0.25) is 4.79 Å². The fourth-order valence-electron chi connectivity index (χ4n) is 4.01. The van der Waals surface area contributed by atoms with Crippen LogP contribution in [0.4, 0.5) is 0 Å². The van der Waals surface area contributed by atoms with Crippen LogP contribution in [-0.4, -0.2) is 11.8 Å². The predicted molar refractivity (Wildman–Crippen MR) is 144 cm³/mol. The van der Waals surface area contributed by atoms with Crippen molar-refractivity contribution in [2.24, 2.45) is 0 Å². The van der Waals surface area contributed by atoms with Gasteiger partial charge in [-0.1, -0.05) is 87.7 Å². The Labute approximate surface area is 214 Å². The highest BCUT2D eigenvalue weighted by atomic mass is 35.5. The Balaban J connectivity index is 1.46. The first-order valence-electron chi connectivity index (χ1n) is 12.7. The van der Waals surface area contributed by atoms with Gasteiger partial charge in [0.25, 0.3) is 0 Å². The van der Waals surface area contributed by atoms with Crippen molar-refractivity contribution < 1.29 is 14.3 Å². The largest absolute Gasteiger partial charge is 0.423 e. The van der Waals surface area contributed by atoms with Gasteiger partial charge in [0.15, 0.2) is 5.78 Å². The number of carbonyl (C=O) groups is 2. The molecule has 0 aliphatic rings. The number of benzene rings is 3. The van der Waals surface area contributed by atoms with Crippen molar-refractivity contribution in [1.82, 2.24) is 0 Å². The van der Waals surface area contributed by atoms with Crippen LogP contribution in [0.3, 0.4) is 0 Å². The van der Waals surface area contributed by atoms with Crippen LogP contribution in [0.1, 0.15) is 95.7 Å². The zero-order valence-corrected chi connectivity index (χ0v) is 21.6. The van der Waals surface area contributed by atoms with E-state index in [2.05, 4.69) is 6.92 Å². The number of rotatable bonds is 13. The van der Waals surface area contributed by atoms with Gasteiger partial charge in [0.05, 0.1) is 5.56 Å². The molecule has 0 amide bonds. The fraction of sp³-hybridized carbons (Fsp3) is 0.355.